The zero-order chi connectivity index (χ0) is 25.2. The molecule has 0 spiro atoms. The van der Waals surface area contributed by atoms with Crippen molar-refractivity contribution in [3.63, 3.8) is 0 Å². The van der Waals surface area contributed by atoms with Crippen LogP contribution in [0, 0.1) is 5.92 Å². The number of carbonyl (C=O) groups excluding carboxylic acids is 2. The third-order valence-electron chi connectivity index (χ3n) is 5.82. The van der Waals surface area contributed by atoms with Gasteiger partial charge >= 0.3 is 12.1 Å². The van der Waals surface area contributed by atoms with Gasteiger partial charge in [-0.05, 0) is 36.0 Å². The van der Waals surface area contributed by atoms with E-state index in [2.05, 4.69) is 44.5 Å². The zero-order valence-electron chi connectivity index (χ0n) is 20.9. The number of rotatable bonds is 12. The number of amides is 2. The van der Waals surface area contributed by atoms with Gasteiger partial charge in [0.2, 0.25) is 5.91 Å². The normalized spacial score (nSPS) is 13.8. The molecule has 8 nitrogen and oxygen atoms in total. The van der Waals surface area contributed by atoms with Crippen molar-refractivity contribution < 1.29 is 28.7 Å². The molecule has 0 saturated heterocycles. The SMILES string of the molecule is CC(C)C[C@H](NC(=O)OCc1ccccc1)C(=O)N[C@H](CCO[Si](C)(C)C(C)(C)C)C(=O)O. The van der Waals surface area contributed by atoms with Crippen LogP contribution in [0.15, 0.2) is 30.3 Å². The van der Waals surface area contributed by atoms with Gasteiger partial charge in [-0.25, -0.2) is 9.59 Å². The van der Waals surface area contributed by atoms with Gasteiger partial charge in [-0.15, -0.1) is 0 Å². The van der Waals surface area contributed by atoms with Crippen LogP contribution in [-0.2, 0) is 25.4 Å². The molecule has 3 N–H and O–H groups in total. The predicted molar refractivity (Wildman–Crippen MR) is 130 cm³/mol. The van der Waals surface area contributed by atoms with Crippen LogP contribution in [0.1, 0.15) is 53.0 Å². The lowest BCUT2D eigenvalue weighted by Gasteiger charge is -2.36. The maximum atomic E-state index is 12.8. The summed E-state index contributed by atoms with van der Waals surface area (Å²) in [6, 6.07) is 7.18. The number of carboxylic acid groups (broad SMARTS) is 1. The average Bonchev–Trinajstić information content (AvgIpc) is 2.70. The molecule has 0 heterocycles. The molecule has 0 aliphatic rings. The summed E-state index contributed by atoms with van der Waals surface area (Å²) in [5, 5.41) is 14.7. The Balaban J connectivity index is 2.71. The third-order valence-corrected chi connectivity index (χ3v) is 10.4. The number of aliphatic carboxylic acids is 1. The van der Waals surface area contributed by atoms with Crippen molar-refractivity contribution in [2.24, 2.45) is 5.92 Å². The van der Waals surface area contributed by atoms with E-state index in [1.165, 1.54) is 0 Å². The van der Waals surface area contributed by atoms with Crippen LogP contribution in [0.2, 0.25) is 18.1 Å². The van der Waals surface area contributed by atoms with E-state index < -0.39 is 38.4 Å². The van der Waals surface area contributed by atoms with Crippen LogP contribution in [0.5, 0.6) is 0 Å². The first-order valence-corrected chi connectivity index (χ1v) is 14.3. The van der Waals surface area contributed by atoms with Crippen LogP contribution >= 0.6 is 0 Å². The van der Waals surface area contributed by atoms with Crippen molar-refractivity contribution >= 4 is 26.3 Å². The summed E-state index contributed by atoms with van der Waals surface area (Å²) in [5.74, 6) is -1.60. The van der Waals surface area contributed by atoms with Crippen LogP contribution in [0.25, 0.3) is 0 Å². The molecule has 0 radical (unpaired) electrons. The minimum atomic E-state index is -2.03. The van der Waals surface area contributed by atoms with E-state index in [1.54, 1.807) is 0 Å². The van der Waals surface area contributed by atoms with Crippen molar-refractivity contribution in [1.82, 2.24) is 10.6 Å². The summed E-state index contributed by atoms with van der Waals surface area (Å²) >= 11 is 0. The first-order valence-electron chi connectivity index (χ1n) is 11.4. The van der Waals surface area contributed by atoms with Crippen molar-refractivity contribution in [2.45, 2.75) is 84.3 Å². The number of carbonyl (C=O) groups is 3. The Morgan fingerprint density at radius 1 is 1.03 bits per heavy atom. The molecule has 1 aromatic rings. The van der Waals surface area contributed by atoms with E-state index in [1.807, 2.05) is 44.2 Å². The van der Waals surface area contributed by atoms with E-state index in [-0.39, 0.29) is 30.6 Å². The molecule has 0 aliphatic heterocycles. The Morgan fingerprint density at radius 3 is 2.15 bits per heavy atom. The molecular formula is C24H40N2O6Si. The third kappa shape index (κ3) is 10.4. The fourth-order valence-electron chi connectivity index (χ4n) is 2.79. The van der Waals surface area contributed by atoms with Gasteiger partial charge < -0.3 is 24.9 Å². The molecule has 2 amide bonds. The molecule has 33 heavy (non-hydrogen) atoms. The number of alkyl carbamates (subject to hydrolysis) is 1. The number of nitrogens with one attached hydrogen (secondary N) is 2. The lowest BCUT2D eigenvalue weighted by atomic mass is 10.0. The van der Waals surface area contributed by atoms with E-state index in [0.29, 0.717) is 6.42 Å². The highest BCUT2D eigenvalue weighted by Crippen LogP contribution is 2.36. The van der Waals surface area contributed by atoms with E-state index in [0.717, 1.165) is 5.56 Å². The quantitative estimate of drug-likeness (QED) is 0.384. The second-order valence-corrected chi connectivity index (χ2v) is 15.0. The largest absolute Gasteiger partial charge is 0.480 e. The fourth-order valence-corrected chi connectivity index (χ4v) is 3.85. The Hall–Kier alpha value is -2.39. The summed E-state index contributed by atoms with van der Waals surface area (Å²) in [5.41, 5.74) is 0.824. The van der Waals surface area contributed by atoms with Gasteiger partial charge in [-0.1, -0.05) is 65.0 Å². The highest BCUT2D eigenvalue weighted by molar-refractivity contribution is 6.74. The summed E-state index contributed by atoms with van der Waals surface area (Å²) < 4.78 is 11.3. The summed E-state index contributed by atoms with van der Waals surface area (Å²) in [7, 11) is -2.03. The standard InChI is InChI=1S/C24H40N2O6Si/c1-17(2)15-20(26-23(30)31-16-18-11-9-8-10-12-18)21(27)25-19(22(28)29)13-14-32-33(6,7)24(3,4)5/h8-12,17,19-20H,13-16H2,1-7H3,(H,25,27)(H,26,30)(H,28,29)/t19-,20+/m1/s1. The molecular weight excluding hydrogens is 440 g/mol. The second-order valence-electron chi connectivity index (χ2n) is 10.2. The molecule has 1 aromatic carbocycles. The van der Waals surface area contributed by atoms with E-state index in [4.69, 9.17) is 9.16 Å². The van der Waals surface area contributed by atoms with E-state index >= 15 is 0 Å². The van der Waals surface area contributed by atoms with Crippen molar-refractivity contribution in [3.05, 3.63) is 35.9 Å². The topological polar surface area (TPSA) is 114 Å². The zero-order valence-corrected chi connectivity index (χ0v) is 21.9. The molecule has 1 rings (SSSR count). The van der Waals surface area contributed by atoms with Gasteiger partial charge in [0.15, 0.2) is 8.32 Å². The number of hydrogen-bond acceptors (Lipinski definition) is 5. The second kappa shape index (κ2) is 12.7. The minimum absolute atomic E-state index is 0.00135. The van der Waals surface area contributed by atoms with Crippen molar-refractivity contribution in [2.75, 3.05) is 6.61 Å². The van der Waals surface area contributed by atoms with Gasteiger partial charge in [0.25, 0.3) is 0 Å². The van der Waals surface area contributed by atoms with Crippen LogP contribution in [0.3, 0.4) is 0 Å². The molecule has 186 valence electrons. The fraction of sp³-hybridized carbons (Fsp3) is 0.625. The number of benzene rings is 1. The van der Waals surface area contributed by atoms with Gasteiger partial charge in [-0.3, -0.25) is 4.79 Å². The highest BCUT2D eigenvalue weighted by atomic mass is 28.4. The molecule has 0 aromatic heterocycles. The molecule has 0 saturated carbocycles. The molecule has 0 fully saturated rings. The van der Waals surface area contributed by atoms with Crippen LogP contribution in [-0.4, -0.2) is 50.1 Å². The lowest BCUT2D eigenvalue weighted by Crippen LogP contribution is -2.52. The van der Waals surface area contributed by atoms with Crippen molar-refractivity contribution in [3.8, 4) is 0 Å². The van der Waals surface area contributed by atoms with Gasteiger partial charge in [0.1, 0.15) is 18.7 Å². The Labute approximate surface area is 198 Å². The summed E-state index contributed by atoms with van der Waals surface area (Å²) in [4.78, 5) is 36.9. The maximum Gasteiger partial charge on any atom is 0.408 e. The number of carboxylic acids is 1. The molecule has 0 aliphatic carbocycles. The first kappa shape index (κ1) is 28.6. The Morgan fingerprint density at radius 2 is 1.64 bits per heavy atom. The lowest BCUT2D eigenvalue weighted by molar-refractivity contribution is -0.142. The van der Waals surface area contributed by atoms with Crippen LogP contribution < -0.4 is 10.6 Å². The van der Waals surface area contributed by atoms with Gasteiger partial charge in [-0.2, -0.15) is 0 Å². The number of hydrogen-bond donors (Lipinski definition) is 3. The smallest absolute Gasteiger partial charge is 0.408 e. The monoisotopic (exact) mass is 480 g/mol. The maximum absolute atomic E-state index is 12.8. The molecule has 0 unspecified atom stereocenters. The average molecular weight is 481 g/mol. The number of ether oxygens (including phenoxy) is 1. The predicted octanol–water partition coefficient (Wildman–Crippen LogP) is 4.31. The molecule has 9 heteroatoms. The first-order chi connectivity index (χ1) is 15.2. The highest BCUT2D eigenvalue weighted by Gasteiger charge is 2.37. The van der Waals surface area contributed by atoms with Crippen LogP contribution in [0.4, 0.5) is 4.79 Å². The van der Waals surface area contributed by atoms with Gasteiger partial charge in [0, 0.05) is 13.0 Å². The van der Waals surface area contributed by atoms with Gasteiger partial charge in [0.05, 0.1) is 0 Å². The molecule has 2 atom stereocenters. The van der Waals surface area contributed by atoms with Crippen molar-refractivity contribution in [1.29, 1.82) is 0 Å². The minimum Gasteiger partial charge on any atom is -0.480 e. The molecule has 0 bridgehead atoms. The Kier molecular flexibility index (Phi) is 11.1. The Bertz CT molecular complexity index is 777. The summed E-state index contributed by atoms with van der Waals surface area (Å²) in [6.45, 7) is 14.6. The summed E-state index contributed by atoms with van der Waals surface area (Å²) in [6.07, 6.45) is -0.243. The van der Waals surface area contributed by atoms with E-state index in [9.17, 15) is 19.5 Å².